The summed E-state index contributed by atoms with van der Waals surface area (Å²) in [5, 5.41) is 11.0. The molecule has 2 amide bonds. The van der Waals surface area contributed by atoms with Gasteiger partial charge in [-0.1, -0.05) is 12.8 Å². The van der Waals surface area contributed by atoms with Crippen LogP contribution in [-0.4, -0.2) is 61.3 Å². The molecule has 0 saturated carbocycles. The fraction of sp³-hybridized carbons (Fsp3) is 0.833. The van der Waals surface area contributed by atoms with Gasteiger partial charge in [0.1, 0.15) is 0 Å². The van der Waals surface area contributed by atoms with E-state index in [-0.39, 0.29) is 13.2 Å². The van der Waals surface area contributed by atoms with Crippen LogP contribution < -0.4 is 5.32 Å². The highest BCUT2D eigenvalue weighted by molar-refractivity contribution is 6.35. The molecule has 6 heteroatoms. The minimum Gasteiger partial charge on any atom is -0.394 e. The third-order valence-corrected chi connectivity index (χ3v) is 2.86. The lowest BCUT2D eigenvalue weighted by atomic mass is 10.2. The number of ether oxygens (including phenoxy) is 1. The third kappa shape index (κ3) is 5.46. The first-order valence-electron chi connectivity index (χ1n) is 6.51. The zero-order chi connectivity index (χ0) is 13.2. The van der Waals surface area contributed by atoms with Crippen LogP contribution in [0.4, 0.5) is 0 Å². The largest absolute Gasteiger partial charge is 0.394 e. The molecule has 0 aromatic rings. The number of aliphatic hydroxyl groups is 1. The summed E-state index contributed by atoms with van der Waals surface area (Å²) in [5.41, 5.74) is 0. The SMILES string of the molecule is O=C(NCCOCCO)C(=O)N1CCCCCC1. The summed E-state index contributed by atoms with van der Waals surface area (Å²) >= 11 is 0. The van der Waals surface area contributed by atoms with Gasteiger partial charge in [-0.05, 0) is 12.8 Å². The number of hydrogen-bond donors (Lipinski definition) is 2. The summed E-state index contributed by atoms with van der Waals surface area (Å²) in [6, 6.07) is 0. The Morgan fingerprint density at radius 3 is 2.39 bits per heavy atom. The van der Waals surface area contributed by atoms with Crippen molar-refractivity contribution in [2.75, 3.05) is 39.5 Å². The van der Waals surface area contributed by atoms with E-state index >= 15 is 0 Å². The van der Waals surface area contributed by atoms with Crippen molar-refractivity contribution in [3.8, 4) is 0 Å². The Labute approximate surface area is 107 Å². The van der Waals surface area contributed by atoms with Crippen LogP contribution in [0.3, 0.4) is 0 Å². The van der Waals surface area contributed by atoms with Gasteiger partial charge in [-0.2, -0.15) is 0 Å². The number of amides is 2. The molecule has 0 unspecified atom stereocenters. The monoisotopic (exact) mass is 258 g/mol. The zero-order valence-electron chi connectivity index (χ0n) is 10.7. The molecule has 0 spiro atoms. The molecular formula is C12H22N2O4. The van der Waals surface area contributed by atoms with Gasteiger partial charge in [-0.3, -0.25) is 9.59 Å². The van der Waals surface area contributed by atoms with Crippen molar-refractivity contribution in [1.29, 1.82) is 0 Å². The van der Waals surface area contributed by atoms with Gasteiger partial charge in [0.25, 0.3) is 0 Å². The van der Waals surface area contributed by atoms with E-state index in [1.807, 2.05) is 0 Å². The highest BCUT2D eigenvalue weighted by atomic mass is 16.5. The number of rotatable bonds is 5. The smallest absolute Gasteiger partial charge is 0.311 e. The van der Waals surface area contributed by atoms with Gasteiger partial charge in [0.05, 0.1) is 19.8 Å². The van der Waals surface area contributed by atoms with Gasteiger partial charge in [0, 0.05) is 19.6 Å². The second kappa shape index (κ2) is 8.88. The van der Waals surface area contributed by atoms with Crippen molar-refractivity contribution < 1.29 is 19.4 Å². The highest BCUT2D eigenvalue weighted by Crippen LogP contribution is 2.09. The molecule has 1 heterocycles. The van der Waals surface area contributed by atoms with Crippen molar-refractivity contribution in [3.63, 3.8) is 0 Å². The number of carbonyl (C=O) groups is 2. The lowest BCUT2D eigenvalue weighted by Crippen LogP contribution is -2.44. The average Bonchev–Trinajstić information content (AvgIpc) is 2.66. The number of aliphatic hydroxyl groups excluding tert-OH is 1. The van der Waals surface area contributed by atoms with Gasteiger partial charge in [-0.15, -0.1) is 0 Å². The number of likely N-dealkylation sites (tertiary alicyclic amines) is 1. The molecule has 0 atom stereocenters. The van der Waals surface area contributed by atoms with E-state index in [0.29, 0.717) is 26.2 Å². The van der Waals surface area contributed by atoms with E-state index in [2.05, 4.69) is 5.32 Å². The molecule has 1 aliphatic heterocycles. The molecule has 1 fully saturated rings. The fourth-order valence-electron chi connectivity index (χ4n) is 1.90. The predicted octanol–water partition coefficient (Wildman–Crippen LogP) is -0.486. The normalized spacial score (nSPS) is 16.2. The molecule has 18 heavy (non-hydrogen) atoms. The summed E-state index contributed by atoms with van der Waals surface area (Å²) in [5.74, 6) is -1.01. The quantitative estimate of drug-likeness (QED) is 0.515. The van der Waals surface area contributed by atoms with Crippen molar-refractivity contribution in [2.45, 2.75) is 25.7 Å². The van der Waals surface area contributed by atoms with E-state index in [4.69, 9.17) is 9.84 Å². The first-order valence-corrected chi connectivity index (χ1v) is 6.51. The molecule has 1 saturated heterocycles. The minimum absolute atomic E-state index is 0.0410. The van der Waals surface area contributed by atoms with E-state index in [1.54, 1.807) is 4.90 Å². The third-order valence-electron chi connectivity index (χ3n) is 2.86. The van der Waals surface area contributed by atoms with Gasteiger partial charge >= 0.3 is 11.8 Å². The van der Waals surface area contributed by atoms with Crippen LogP contribution in [0, 0.1) is 0 Å². The number of carbonyl (C=O) groups excluding carboxylic acids is 2. The molecule has 1 rings (SSSR count). The van der Waals surface area contributed by atoms with Gasteiger partial charge in [-0.25, -0.2) is 0 Å². The van der Waals surface area contributed by atoms with E-state index < -0.39 is 11.8 Å². The average molecular weight is 258 g/mol. The van der Waals surface area contributed by atoms with Crippen molar-refractivity contribution >= 4 is 11.8 Å². The van der Waals surface area contributed by atoms with Crippen LogP contribution in [-0.2, 0) is 14.3 Å². The maximum atomic E-state index is 11.8. The predicted molar refractivity (Wildman–Crippen MR) is 66.0 cm³/mol. The molecule has 6 nitrogen and oxygen atoms in total. The second-order valence-corrected chi connectivity index (χ2v) is 4.30. The molecular weight excluding hydrogens is 236 g/mol. The Morgan fingerprint density at radius 1 is 1.11 bits per heavy atom. The van der Waals surface area contributed by atoms with Crippen molar-refractivity contribution in [2.24, 2.45) is 0 Å². The van der Waals surface area contributed by atoms with Gasteiger partial charge in [0.2, 0.25) is 0 Å². The lowest BCUT2D eigenvalue weighted by Gasteiger charge is -2.19. The van der Waals surface area contributed by atoms with Gasteiger partial charge in [0.15, 0.2) is 0 Å². The fourth-order valence-corrected chi connectivity index (χ4v) is 1.90. The van der Waals surface area contributed by atoms with E-state index in [0.717, 1.165) is 25.7 Å². The molecule has 0 aliphatic carbocycles. The Kier molecular flexibility index (Phi) is 7.36. The van der Waals surface area contributed by atoms with Crippen molar-refractivity contribution in [1.82, 2.24) is 10.2 Å². The first-order chi connectivity index (χ1) is 8.75. The second-order valence-electron chi connectivity index (χ2n) is 4.30. The lowest BCUT2D eigenvalue weighted by molar-refractivity contribution is -0.145. The first kappa shape index (κ1) is 14.9. The molecule has 1 aliphatic rings. The maximum Gasteiger partial charge on any atom is 0.311 e. The van der Waals surface area contributed by atoms with Crippen molar-refractivity contribution in [3.05, 3.63) is 0 Å². The minimum atomic E-state index is -0.565. The highest BCUT2D eigenvalue weighted by Gasteiger charge is 2.21. The summed E-state index contributed by atoms with van der Waals surface area (Å²) in [7, 11) is 0. The Balaban J connectivity index is 2.20. The molecule has 104 valence electrons. The molecule has 0 radical (unpaired) electrons. The van der Waals surface area contributed by atoms with Crippen LogP contribution in [0.25, 0.3) is 0 Å². The van der Waals surface area contributed by atoms with E-state index in [9.17, 15) is 9.59 Å². The molecule has 2 N–H and O–H groups in total. The topological polar surface area (TPSA) is 78.9 Å². The summed E-state index contributed by atoms with van der Waals surface area (Å²) in [6.45, 7) is 2.15. The Bertz CT molecular complexity index is 263. The Morgan fingerprint density at radius 2 is 1.78 bits per heavy atom. The van der Waals surface area contributed by atoms with Crippen LogP contribution >= 0.6 is 0 Å². The number of nitrogens with zero attached hydrogens (tertiary/aromatic N) is 1. The number of hydrogen-bond acceptors (Lipinski definition) is 4. The maximum absolute atomic E-state index is 11.8. The Hall–Kier alpha value is -1.14. The molecule has 0 aromatic carbocycles. The summed E-state index contributed by atoms with van der Waals surface area (Å²) in [4.78, 5) is 25.0. The van der Waals surface area contributed by atoms with Crippen LogP contribution in [0.15, 0.2) is 0 Å². The molecule has 0 bridgehead atoms. The standard InChI is InChI=1S/C12H22N2O4/c15-8-10-18-9-5-13-11(16)12(17)14-6-3-1-2-4-7-14/h15H,1-10H2,(H,13,16). The van der Waals surface area contributed by atoms with E-state index in [1.165, 1.54) is 0 Å². The number of nitrogens with one attached hydrogen (secondary N) is 1. The molecule has 0 aromatic heterocycles. The van der Waals surface area contributed by atoms with Crippen LogP contribution in [0.2, 0.25) is 0 Å². The van der Waals surface area contributed by atoms with Crippen LogP contribution in [0.1, 0.15) is 25.7 Å². The van der Waals surface area contributed by atoms with Crippen LogP contribution in [0.5, 0.6) is 0 Å². The summed E-state index contributed by atoms with van der Waals surface area (Å²) < 4.78 is 4.99. The van der Waals surface area contributed by atoms with Gasteiger partial charge < -0.3 is 20.1 Å². The zero-order valence-corrected chi connectivity index (χ0v) is 10.7. The summed E-state index contributed by atoms with van der Waals surface area (Å²) in [6.07, 6.45) is 4.19.